The van der Waals surface area contributed by atoms with Gasteiger partial charge in [0.05, 0.1) is 11.1 Å². The Bertz CT molecular complexity index is 2780. The van der Waals surface area contributed by atoms with Gasteiger partial charge in [-0.15, -0.1) is 0 Å². The van der Waals surface area contributed by atoms with E-state index in [9.17, 15) is 26.3 Å². The lowest BCUT2D eigenvalue weighted by atomic mass is 9.79. The second-order valence-electron chi connectivity index (χ2n) is 18.0. The summed E-state index contributed by atoms with van der Waals surface area (Å²) >= 11 is 0. The topological polar surface area (TPSA) is 6.48 Å². The van der Waals surface area contributed by atoms with Gasteiger partial charge < -0.3 is 9.80 Å². The molecular weight excluding hydrogens is 791 g/mol. The van der Waals surface area contributed by atoms with E-state index in [4.69, 9.17) is 0 Å². The number of nitrogens with zero attached hydrogens (tertiary/aromatic N) is 2. The van der Waals surface area contributed by atoms with E-state index >= 15 is 0 Å². The second-order valence-corrected chi connectivity index (χ2v) is 18.0. The van der Waals surface area contributed by atoms with Gasteiger partial charge in [-0.2, -0.15) is 26.3 Å². The molecule has 8 heteroatoms. The summed E-state index contributed by atoms with van der Waals surface area (Å²) in [6.07, 6.45) is -9.09. The van der Waals surface area contributed by atoms with Gasteiger partial charge in [-0.05, 0) is 193 Å². The van der Waals surface area contributed by atoms with Gasteiger partial charge in [0.2, 0.25) is 0 Å². The number of hydrogen-bond donors (Lipinski definition) is 0. The van der Waals surface area contributed by atoms with Crippen LogP contribution in [0.2, 0.25) is 0 Å². The maximum atomic E-state index is 13.7. The highest BCUT2D eigenvalue weighted by Gasteiger charge is 2.43. The van der Waals surface area contributed by atoms with Crippen molar-refractivity contribution in [3.63, 3.8) is 0 Å². The lowest BCUT2D eigenvalue weighted by Gasteiger charge is -2.29. The minimum Gasteiger partial charge on any atom is -0.310 e. The maximum Gasteiger partial charge on any atom is 0.416 e. The molecule has 2 aliphatic carbocycles. The minimum atomic E-state index is -4.54. The van der Waals surface area contributed by atoms with E-state index in [2.05, 4.69) is 126 Å². The number of aryl methyl sites for hydroxylation is 4. The molecule has 0 saturated heterocycles. The zero-order valence-corrected chi connectivity index (χ0v) is 35.9. The van der Waals surface area contributed by atoms with Crippen LogP contribution in [-0.4, -0.2) is 0 Å². The molecule has 0 bridgehead atoms. The molecule has 0 spiro atoms. The van der Waals surface area contributed by atoms with Crippen LogP contribution in [-0.2, 0) is 23.2 Å². The Balaban J connectivity index is 1.16. The summed E-state index contributed by atoms with van der Waals surface area (Å²) in [6, 6.07) is 40.1. The Morgan fingerprint density at radius 1 is 0.355 bits per heavy atom. The highest BCUT2D eigenvalue weighted by Crippen LogP contribution is 2.59. The van der Waals surface area contributed by atoms with Gasteiger partial charge in [0.25, 0.3) is 0 Å². The molecule has 0 heterocycles. The summed E-state index contributed by atoms with van der Waals surface area (Å²) in [6.45, 7) is 17.4. The fraction of sp³-hybridized carbons (Fsp3) is 0.222. The summed E-state index contributed by atoms with van der Waals surface area (Å²) < 4.78 is 81.9. The van der Waals surface area contributed by atoms with Gasteiger partial charge in [0.1, 0.15) is 0 Å². The van der Waals surface area contributed by atoms with Crippen molar-refractivity contribution < 1.29 is 26.3 Å². The largest absolute Gasteiger partial charge is 0.416 e. The maximum absolute atomic E-state index is 13.7. The molecular formula is C54H46F6N2. The molecule has 0 radical (unpaired) electrons. The summed E-state index contributed by atoms with van der Waals surface area (Å²) in [5, 5.41) is 0. The number of fused-ring (bicyclic) bond motifs is 6. The van der Waals surface area contributed by atoms with Crippen LogP contribution in [0.1, 0.15) is 83.3 Å². The molecule has 2 aliphatic rings. The van der Waals surface area contributed by atoms with Crippen molar-refractivity contribution in [2.24, 2.45) is 0 Å². The zero-order valence-electron chi connectivity index (χ0n) is 35.9. The number of rotatable bonds is 6. The quantitative estimate of drug-likeness (QED) is 0.154. The third-order valence-corrected chi connectivity index (χ3v) is 13.0. The SMILES string of the molecule is Cc1ccc(N(c2ccc(C)cc2)c2cc(C)c3c(c2)C(C)(C)c2cc4c(cc2-3)C(C)(C)c2cc(N(c3ccc(C(F)(F)F)cc3)c3ccc(C(F)(F)F)cc3)cc(C)c2-4)cc1. The summed E-state index contributed by atoms with van der Waals surface area (Å²) in [7, 11) is 0. The number of hydrogen-bond acceptors (Lipinski definition) is 2. The van der Waals surface area contributed by atoms with Crippen LogP contribution in [0.3, 0.4) is 0 Å². The molecule has 0 atom stereocenters. The third-order valence-electron chi connectivity index (χ3n) is 13.0. The number of benzene rings is 7. The summed E-state index contributed by atoms with van der Waals surface area (Å²) in [4.78, 5) is 4.05. The first kappa shape index (κ1) is 41.1. The van der Waals surface area contributed by atoms with Gasteiger partial charge >= 0.3 is 12.4 Å². The van der Waals surface area contributed by atoms with Gasteiger partial charge in [-0.3, -0.25) is 0 Å². The lowest BCUT2D eigenvalue weighted by Crippen LogP contribution is -2.18. The fourth-order valence-electron chi connectivity index (χ4n) is 9.71. The van der Waals surface area contributed by atoms with E-state index in [1.165, 1.54) is 63.2 Å². The van der Waals surface area contributed by atoms with Crippen LogP contribution < -0.4 is 9.80 Å². The standard InChI is InChI=1S/C54H46F6N2/c1-31-9-17-37(18-10-31)61(38-19-11-32(2)12-20-38)41-25-33(3)49-43-29-46-44(30-45(43)51(5,6)47(49)27-41)50-34(4)26-42(28-48(50)52(46,7)8)62(39-21-13-35(14-22-39)53(55,56)57)40-23-15-36(16-24-40)54(58,59)60/h9-30H,1-8H3. The normalized spacial score (nSPS) is 14.5. The Labute approximate surface area is 359 Å². The average molecular weight is 837 g/mol. The van der Waals surface area contributed by atoms with Crippen molar-refractivity contribution in [2.45, 2.75) is 78.6 Å². The number of alkyl halides is 6. The molecule has 0 amide bonds. The Hall–Kier alpha value is -6.28. The first-order valence-corrected chi connectivity index (χ1v) is 20.7. The molecule has 2 nitrogen and oxygen atoms in total. The van der Waals surface area contributed by atoms with Crippen molar-refractivity contribution in [1.29, 1.82) is 0 Å². The van der Waals surface area contributed by atoms with Gasteiger partial charge in [0.15, 0.2) is 0 Å². The van der Waals surface area contributed by atoms with Crippen LogP contribution in [0.15, 0.2) is 133 Å². The molecule has 314 valence electrons. The smallest absolute Gasteiger partial charge is 0.310 e. The molecule has 0 aromatic heterocycles. The van der Waals surface area contributed by atoms with Crippen LogP contribution in [0, 0.1) is 27.7 Å². The molecule has 0 fully saturated rings. The molecule has 0 unspecified atom stereocenters. The second kappa shape index (κ2) is 14.1. The van der Waals surface area contributed by atoms with Crippen molar-refractivity contribution in [2.75, 3.05) is 9.80 Å². The Morgan fingerprint density at radius 3 is 0.935 bits per heavy atom. The van der Waals surface area contributed by atoms with Crippen LogP contribution in [0.4, 0.5) is 60.5 Å². The number of anilines is 6. The lowest BCUT2D eigenvalue weighted by molar-refractivity contribution is -0.138. The fourth-order valence-corrected chi connectivity index (χ4v) is 9.71. The minimum absolute atomic E-state index is 0.352. The summed E-state index contributed by atoms with van der Waals surface area (Å²) in [5.74, 6) is 0. The molecule has 0 saturated carbocycles. The van der Waals surface area contributed by atoms with Crippen molar-refractivity contribution >= 4 is 34.1 Å². The number of halogens is 6. The highest BCUT2D eigenvalue weighted by molar-refractivity contribution is 5.94. The summed E-state index contributed by atoms with van der Waals surface area (Å²) in [5.41, 5.74) is 16.0. The Morgan fingerprint density at radius 2 is 0.645 bits per heavy atom. The van der Waals surface area contributed by atoms with E-state index in [-0.39, 0.29) is 5.41 Å². The van der Waals surface area contributed by atoms with Crippen LogP contribution >= 0.6 is 0 Å². The monoisotopic (exact) mass is 836 g/mol. The van der Waals surface area contributed by atoms with Gasteiger partial charge in [-0.25, -0.2) is 0 Å². The molecule has 9 rings (SSSR count). The van der Waals surface area contributed by atoms with E-state index in [1.807, 2.05) is 19.1 Å². The molecule has 62 heavy (non-hydrogen) atoms. The average Bonchev–Trinajstić information content (AvgIpc) is 3.57. The molecule has 0 N–H and O–H groups in total. The van der Waals surface area contributed by atoms with Gasteiger partial charge in [-0.1, -0.05) is 63.1 Å². The van der Waals surface area contributed by atoms with Crippen molar-refractivity contribution in [1.82, 2.24) is 0 Å². The highest BCUT2D eigenvalue weighted by atomic mass is 19.4. The molecule has 7 aromatic rings. The first-order valence-electron chi connectivity index (χ1n) is 20.7. The third kappa shape index (κ3) is 6.66. The zero-order chi connectivity index (χ0) is 44.3. The van der Waals surface area contributed by atoms with E-state index in [0.717, 1.165) is 69.1 Å². The van der Waals surface area contributed by atoms with Crippen LogP contribution in [0.5, 0.6) is 0 Å². The van der Waals surface area contributed by atoms with E-state index in [0.29, 0.717) is 17.1 Å². The predicted molar refractivity (Wildman–Crippen MR) is 240 cm³/mol. The van der Waals surface area contributed by atoms with Crippen LogP contribution in [0.25, 0.3) is 22.3 Å². The van der Waals surface area contributed by atoms with Crippen molar-refractivity contribution in [3.8, 4) is 22.3 Å². The van der Waals surface area contributed by atoms with Gasteiger partial charge in [0, 0.05) is 45.0 Å². The van der Waals surface area contributed by atoms with E-state index < -0.39 is 28.9 Å². The first-order chi connectivity index (χ1) is 29.1. The predicted octanol–water partition coefficient (Wildman–Crippen LogP) is 16.5. The molecule has 0 aliphatic heterocycles. The van der Waals surface area contributed by atoms with Crippen molar-refractivity contribution in [3.05, 3.63) is 189 Å². The Kier molecular flexibility index (Phi) is 9.36. The molecule has 7 aromatic carbocycles. The van der Waals surface area contributed by atoms with E-state index in [1.54, 1.807) is 4.90 Å².